The summed E-state index contributed by atoms with van der Waals surface area (Å²) in [5, 5.41) is 3.37. The fraction of sp³-hybridized carbons (Fsp3) is 0.909. The molecule has 1 rings (SSSR count). The topological polar surface area (TPSA) is 38.3 Å². The van der Waals surface area contributed by atoms with Crippen LogP contribution in [0.5, 0.6) is 0 Å². The molecule has 3 heteroatoms. The third kappa shape index (κ3) is 3.66. The Bertz CT molecular complexity index is 182. The average molecular weight is 199 g/mol. The summed E-state index contributed by atoms with van der Waals surface area (Å²) in [6, 6.07) is 0. The van der Waals surface area contributed by atoms with E-state index in [1.165, 1.54) is 6.42 Å². The molecule has 1 aliphatic rings. The van der Waals surface area contributed by atoms with E-state index in [9.17, 15) is 4.79 Å². The second-order valence-electron chi connectivity index (χ2n) is 4.07. The third-order valence-corrected chi connectivity index (χ3v) is 3.01. The van der Waals surface area contributed by atoms with Gasteiger partial charge in [0.05, 0.1) is 6.61 Å². The molecule has 0 aromatic carbocycles. The van der Waals surface area contributed by atoms with E-state index >= 15 is 0 Å². The molecular formula is C11H21NO2. The highest BCUT2D eigenvalue weighted by Gasteiger charge is 2.21. The highest BCUT2D eigenvalue weighted by Crippen LogP contribution is 2.22. The second kappa shape index (κ2) is 6.02. The molecule has 0 radical (unpaired) electrons. The van der Waals surface area contributed by atoms with Crippen molar-refractivity contribution in [3.05, 3.63) is 0 Å². The molecule has 0 aliphatic carbocycles. The molecule has 0 bridgehead atoms. The molecule has 2 atom stereocenters. The maximum absolute atomic E-state index is 11.1. The molecule has 1 heterocycles. The first-order valence-electron chi connectivity index (χ1n) is 5.60. The zero-order chi connectivity index (χ0) is 10.4. The molecule has 1 saturated heterocycles. The largest absolute Gasteiger partial charge is 0.466 e. The van der Waals surface area contributed by atoms with Gasteiger partial charge in [0.15, 0.2) is 0 Å². The Morgan fingerprint density at radius 1 is 1.57 bits per heavy atom. The fourth-order valence-corrected chi connectivity index (χ4v) is 1.98. The van der Waals surface area contributed by atoms with Crippen LogP contribution >= 0.6 is 0 Å². The Morgan fingerprint density at radius 3 is 3.00 bits per heavy atom. The monoisotopic (exact) mass is 199 g/mol. The second-order valence-corrected chi connectivity index (χ2v) is 4.07. The Hall–Kier alpha value is -0.570. The predicted octanol–water partition coefficient (Wildman–Crippen LogP) is 1.58. The molecule has 0 amide bonds. The molecule has 0 spiro atoms. The van der Waals surface area contributed by atoms with Crippen LogP contribution in [0.25, 0.3) is 0 Å². The van der Waals surface area contributed by atoms with Crippen LogP contribution in [0.15, 0.2) is 0 Å². The number of hydrogen-bond acceptors (Lipinski definition) is 3. The quantitative estimate of drug-likeness (QED) is 0.698. The molecule has 0 aromatic heterocycles. The first-order valence-corrected chi connectivity index (χ1v) is 5.60. The van der Waals surface area contributed by atoms with E-state index in [4.69, 9.17) is 4.74 Å². The van der Waals surface area contributed by atoms with Crippen LogP contribution in [0.2, 0.25) is 0 Å². The maximum atomic E-state index is 11.1. The molecule has 3 nitrogen and oxygen atoms in total. The highest BCUT2D eigenvalue weighted by atomic mass is 16.5. The summed E-state index contributed by atoms with van der Waals surface area (Å²) in [6.45, 7) is 6.80. The van der Waals surface area contributed by atoms with Crippen molar-refractivity contribution in [2.75, 3.05) is 19.7 Å². The van der Waals surface area contributed by atoms with Gasteiger partial charge in [-0.3, -0.25) is 4.79 Å². The number of carbonyl (C=O) groups is 1. The van der Waals surface area contributed by atoms with E-state index in [0.29, 0.717) is 18.9 Å². The van der Waals surface area contributed by atoms with Crippen LogP contribution in [0.1, 0.15) is 33.1 Å². The first-order chi connectivity index (χ1) is 6.74. The molecule has 1 N–H and O–H groups in total. The van der Waals surface area contributed by atoms with Gasteiger partial charge in [0.2, 0.25) is 0 Å². The third-order valence-electron chi connectivity index (χ3n) is 3.01. The van der Waals surface area contributed by atoms with Crippen molar-refractivity contribution in [1.29, 1.82) is 0 Å². The average Bonchev–Trinajstić information content (AvgIpc) is 2.17. The number of piperidine rings is 1. The lowest BCUT2D eigenvalue weighted by Crippen LogP contribution is -2.35. The van der Waals surface area contributed by atoms with Gasteiger partial charge in [-0.05, 0) is 44.7 Å². The normalized spacial score (nSPS) is 27.3. The van der Waals surface area contributed by atoms with Gasteiger partial charge >= 0.3 is 5.97 Å². The van der Waals surface area contributed by atoms with Gasteiger partial charge in [-0.15, -0.1) is 0 Å². The van der Waals surface area contributed by atoms with Crippen LogP contribution in [-0.4, -0.2) is 25.7 Å². The molecule has 14 heavy (non-hydrogen) atoms. The molecule has 0 unspecified atom stereocenters. The minimum absolute atomic E-state index is 0.0507. The molecule has 82 valence electrons. The van der Waals surface area contributed by atoms with Crippen molar-refractivity contribution in [2.24, 2.45) is 11.8 Å². The lowest BCUT2D eigenvalue weighted by atomic mass is 9.85. The van der Waals surface area contributed by atoms with Gasteiger partial charge in [0.25, 0.3) is 0 Å². The smallest absolute Gasteiger partial charge is 0.305 e. The zero-order valence-electron chi connectivity index (χ0n) is 9.21. The number of rotatable bonds is 4. The molecule has 0 aromatic rings. The number of hydrogen-bond donors (Lipinski definition) is 1. The fourth-order valence-electron chi connectivity index (χ4n) is 1.98. The van der Waals surface area contributed by atoms with E-state index in [2.05, 4.69) is 12.2 Å². The van der Waals surface area contributed by atoms with Gasteiger partial charge in [-0.1, -0.05) is 6.92 Å². The summed E-state index contributed by atoms with van der Waals surface area (Å²) in [4.78, 5) is 11.1. The van der Waals surface area contributed by atoms with Crippen molar-refractivity contribution in [3.8, 4) is 0 Å². The van der Waals surface area contributed by atoms with Gasteiger partial charge < -0.3 is 10.1 Å². The summed E-state index contributed by atoms with van der Waals surface area (Å²) in [6.07, 6.45) is 2.77. The lowest BCUT2D eigenvalue weighted by Gasteiger charge is -2.29. The van der Waals surface area contributed by atoms with E-state index in [0.717, 1.165) is 25.4 Å². The Kier molecular flexibility index (Phi) is 4.94. The summed E-state index contributed by atoms with van der Waals surface area (Å²) in [7, 11) is 0. The van der Waals surface area contributed by atoms with Crippen molar-refractivity contribution < 1.29 is 9.53 Å². The minimum atomic E-state index is -0.0507. The van der Waals surface area contributed by atoms with Gasteiger partial charge in [-0.2, -0.15) is 0 Å². The number of ether oxygens (including phenoxy) is 1. The van der Waals surface area contributed by atoms with Crippen molar-refractivity contribution >= 4 is 5.97 Å². The summed E-state index contributed by atoms with van der Waals surface area (Å²) in [5.74, 6) is 1.34. The van der Waals surface area contributed by atoms with Crippen LogP contribution in [-0.2, 0) is 9.53 Å². The Balaban J connectivity index is 2.19. The van der Waals surface area contributed by atoms with Gasteiger partial charge in [0.1, 0.15) is 0 Å². The molecule has 1 fully saturated rings. The standard InChI is InChI=1S/C11H21NO2/c1-3-14-11(13)5-4-10-8-12-7-6-9(10)2/h9-10,12H,3-8H2,1-2H3/t9-,10-/m0/s1. The number of carbonyl (C=O) groups excluding carboxylic acids is 1. The van der Waals surface area contributed by atoms with Crippen LogP contribution in [0.4, 0.5) is 0 Å². The van der Waals surface area contributed by atoms with E-state index in [-0.39, 0.29) is 5.97 Å². The maximum Gasteiger partial charge on any atom is 0.305 e. The molecule has 1 aliphatic heterocycles. The number of esters is 1. The van der Waals surface area contributed by atoms with Crippen molar-refractivity contribution in [3.63, 3.8) is 0 Å². The number of nitrogens with one attached hydrogen (secondary N) is 1. The van der Waals surface area contributed by atoms with Crippen LogP contribution in [0, 0.1) is 11.8 Å². The lowest BCUT2D eigenvalue weighted by molar-refractivity contribution is -0.143. The van der Waals surface area contributed by atoms with Crippen molar-refractivity contribution in [1.82, 2.24) is 5.32 Å². The molecular weight excluding hydrogens is 178 g/mol. The van der Waals surface area contributed by atoms with E-state index in [1.807, 2.05) is 6.92 Å². The summed E-state index contributed by atoms with van der Waals surface area (Å²) < 4.78 is 4.91. The van der Waals surface area contributed by atoms with Crippen LogP contribution < -0.4 is 5.32 Å². The highest BCUT2D eigenvalue weighted by molar-refractivity contribution is 5.69. The first kappa shape index (κ1) is 11.5. The Morgan fingerprint density at radius 2 is 2.36 bits per heavy atom. The summed E-state index contributed by atoms with van der Waals surface area (Å²) >= 11 is 0. The zero-order valence-corrected chi connectivity index (χ0v) is 9.21. The van der Waals surface area contributed by atoms with Crippen molar-refractivity contribution in [2.45, 2.75) is 33.1 Å². The SMILES string of the molecule is CCOC(=O)CC[C@H]1CNCC[C@@H]1C. The van der Waals surface area contributed by atoms with E-state index < -0.39 is 0 Å². The van der Waals surface area contributed by atoms with Crippen LogP contribution in [0.3, 0.4) is 0 Å². The van der Waals surface area contributed by atoms with Gasteiger partial charge in [-0.25, -0.2) is 0 Å². The predicted molar refractivity (Wildman–Crippen MR) is 56.0 cm³/mol. The summed E-state index contributed by atoms with van der Waals surface area (Å²) in [5.41, 5.74) is 0. The van der Waals surface area contributed by atoms with E-state index in [1.54, 1.807) is 0 Å². The Labute approximate surface area is 86.2 Å². The van der Waals surface area contributed by atoms with Gasteiger partial charge in [0, 0.05) is 6.42 Å². The minimum Gasteiger partial charge on any atom is -0.466 e. The molecule has 0 saturated carbocycles.